The van der Waals surface area contributed by atoms with E-state index in [1.54, 1.807) is 0 Å². The molecule has 2 rings (SSSR count). The standard InChI is InChI=1S/C15H22N2OS/c1-16-8-5-9-17(11-10-16)15(18)14(19)12-13-6-3-2-4-7-13/h2-4,6-7,14,19H,5,8-12H2,1H3. The smallest absolute Gasteiger partial charge is 0.235 e. The van der Waals surface area contributed by atoms with Crippen molar-refractivity contribution in [1.29, 1.82) is 0 Å². The molecule has 0 spiro atoms. The van der Waals surface area contributed by atoms with Gasteiger partial charge in [-0.1, -0.05) is 30.3 Å². The van der Waals surface area contributed by atoms with E-state index in [-0.39, 0.29) is 11.2 Å². The number of thiol groups is 1. The van der Waals surface area contributed by atoms with Crippen LogP contribution in [0.15, 0.2) is 30.3 Å². The van der Waals surface area contributed by atoms with Gasteiger partial charge in [0.25, 0.3) is 0 Å². The molecule has 1 unspecified atom stereocenters. The maximum Gasteiger partial charge on any atom is 0.235 e. The highest BCUT2D eigenvalue weighted by atomic mass is 32.1. The predicted molar refractivity (Wildman–Crippen MR) is 81.6 cm³/mol. The van der Waals surface area contributed by atoms with Gasteiger partial charge in [-0.15, -0.1) is 0 Å². The fourth-order valence-corrected chi connectivity index (χ4v) is 2.78. The van der Waals surface area contributed by atoms with E-state index in [0.29, 0.717) is 6.42 Å². The zero-order valence-electron chi connectivity index (χ0n) is 11.5. The molecule has 0 aliphatic carbocycles. The van der Waals surface area contributed by atoms with E-state index in [2.05, 4.69) is 24.6 Å². The van der Waals surface area contributed by atoms with Gasteiger partial charge in [0.15, 0.2) is 0 Å². The quantitative estimate of drug-likeness (QED) is 0.851. The molecule has 1 aliphatic rings. The number of benzene rings is 1. The lowest BCUT2D eigenvalue weighted by Gasteiger charge is -2.23. The first-order valence-corrected chi connectivity index (χ1v) is 7.38. The van der Waals surface area contributed by atoms with Crippen LogP contribution >= 0.6 is 12.6 Å². The van der Waals surface area contributed by atoms with E-state index in [4.69, 9.17) is 0 Å². The van der Waals surface area contributed by atoms with E-state index in [9.17, 15) is 4.79 Å². The number of likely N-dealkylation sites (N-methyl/N-ethyl adjacent to an activating group) is 1. The Labute approximate surface area is 121 Å². The molecular weight excluding hydrogens is 256 g/mol. The number of carbonyl (C=O) groups is 1. The molecule has 104 valence electrons. The summed E-state index contributed by atoms with van der Waals surface area (Å²) >= 11 is 4.50. The maximum atomic E-state index is 12.4. The number of nitrogens with zero attached hydrogens (tertiary/aromatic N) is 2. The van der Waals surface area contributed by atoms with Gasteiger partial charge in [0, 0.05) is 19.6 Å². The molecule has 0 N–H and O–H groups in total. The summed E-state index contributed by atoms with van der Waals surface area (Å²) in [4.78, 5) is 16.6. The first kappa shape index (κ1) is 14.4. The zero-order chi connectivity index (χ0) is 13.7. The fourth-order valence-electron chi connectivity index (χ4n) is 2.40. The highest BCUT2D eigenvalue weighted by Gasteiger charge is 2.23. The molecule has 0 saturated carbocycles. The third-order valence-corrected chi connectivity index (χ3v) is 3.99. The second-order valence-corrected chi connectivity index (χ2v) is 5.81. The van der Waals surface area contributed by atoms with Crippen LogP contribution in [0, 0.1) is 0 Å². The lowest BCUT2D eigenvalue weighted by Crippen LogP contribution is -2.40. The Balaban J connectivity index is 1.91. The van der Waals surface area contributed by atoms with Gasteiger partial charge in [-0.3, -0.25) is 4.79 Å². The highest BCUT2D eigenvalue weighted by molar-refractivity contribution is 7.81. The van der Waals surface area contributed by atoms with Crippen molar-refractivity contribution in [3.8, 4) is 0 Å². The van der Waals surface area contributed by atoms with Crippen LogP contribution in [0.4, 0.5) is 0 Å². The Morgan fingerprint density at radius 3 is 2.68 bits per heavy atom. The van der Waals surface area contributed by atoms with Gasteiger partial charge in [0.2, 0.25) is 5.91 Å². The molecule has 3 nitrogen and oxygen atoms in total. The Hall–Kier alpha value is -1.00. The van der Waals surface area contributed by atoms with E-state index < -0.39 is 0 Å². The van der Waals surface area contributed by atoms with E-state index >= 15 is 0 Å². The highest BCUT2D eigenvalue weighted by Crippen LogP contribution is 2.12. The summed E-state index contributed by atoms with van der Waals surface area (Å²) in [6.07, 6.45) is 1.75. The second-order valence-electron chi connectivity index (χ2n) is 5.19. The minimum Gasteiger partial charge on any atom is -0.340 e. The molecule has 4 heteroatoms. The van der Waals surface area contributed by atoms with Crippen LogP contribution in [0.5, 0.6) is 0 Å². The molecule has 1 aromatic rings. The maximum absolute atomic E-state index is 12.4. The number of rotatable bonds is 3. The summed E-state index contributed by atoms with van der Waals surface area (Å²) in [5, 5.41) is -0.231. The normalized spacial score (nSPS) is 18.9. The number of carbonyl (C=O) groups excluding carboxylic acids is 1. The minimum absolute atomic E-state index is 0.169. The summed E-state index contributed by atoms with van der Waals surface area (Å²) in [5.41, 5.74) is 1.17. The summed E-state index contributed by atoms with van der Waals surface area (Å²) in [6.45, 7) is 3.70. The van der Waals surface area contributed by atoms with Crippen LogP contribution in [0.1, 0.15) is 12.0 Å². The van der Waals surface area contributed by atoms with E-state index in [1.165, 1.54) is 5.56 Å². The molecule has 1 amide bonds. The summed E-state index contributed by atoms with van der Waals surface area (Å²) in [5.74, 6) is 0.169. The van der Waals surface area contributed by atoms with Crippen molar-refractivity contribution in [3.63, 3.8) is 0 Å². The van der Waals surface area contributed by atoms with Crippen molar-refractivity contribution in [2.24, 2.45) is 0 Å². The van der Waals surface area contributed by atoms with Gasteiger partial charge < -0.3 is 9.80 Å². The van der Waals surface area contributed by atoms with Crippen molar-refractivity contribution in [2.45, 2.75) is 18.1 Å². The van der Waals surface area contributed by atoms with Crippen LogP contribution < -0.4 is 0 Å². The zero-order valence-corrected chi connectivity index (χ0v) is 12.4. The number of amides is 1. The van der Waals surface area contributed by atoms with Crippen LogP contribution in [-0.2, 0) is 11.2 Å². The van der Waals surface area contributed by atoms with E-state index in [1.807, 2.05) is 35.2 Å². The number of hydrogen-bond donors (Lipinski definition) is 1. The third kappa shape index (κ3) is 4.25. The van der Waals surface area contributed by atoms with Crippen LogP contribution in [0.3, 0.4) is 0 Å². The monoisotopic (exact) mass is 278 g/mol. The van der Waals surface area contributed by atoms with Gasteiger partial charge in [-0.05, 0) is 32.0 Å². The summed E-state index contributed by atoms with van der Waals surface area (Å²) < 4.78 is 0. The molecule has 1 saturated heterocycles. The topological polar surface area (TPSA) is 23.6 Å². The molecule has 0 aromatic heterocycles. The summed E-state index contributed by atoms with van der Waals surface area (Å²) in [6, 6.07) is 10.1. The van der Waals surface area contributed by atoms with Crippen LogP contribution in [-0.4, -0.2) is 54.2 Å². The minimum atomic E-state index is -0.231. The first-order chi connectivity index (χ1) is 9.16. The molecule has 19 heavy (non-hydrogen) atoms. The SMILES string of the molecule is CN1CCCN(C(=O)C(S)Cc2ccccc2)CC1. The van der Waals surface area contributed by atoms with Gasteiger partial charge in [0.05, 0.1) is 5.25 Å². The Morgan fingerprint density at radius 2 is 1.95 bits per heavy atom. The molecule has 0 bridgehead atoms. The van der Waals surface area contributed by atoms with E-state index in [0.717, 1.165) is 32.6 Å². The van der Waals surface area contributed by atoms with Crippen molar-refractivity contribution in [2.75, 3.05) is 33.2 Å². The molecular formula is C15H22N2OS. The van der Waals surface area contributed by atoms with Gasteiger partial charge in [0.1, 0.15) is 0 Å². The van der Waals surface area contributed by atoms with Crippen LogP contribution in [0.25, 0.3) is 0 Å². The van der Waals surface area contributed by atoms with Crippen LogP contribution in [0.2, 0.25) is 0 Å². The van der Waals surface area contributed by atoms with Gasteiger partial charge >= 0.3 is 0 Å². The van der Waals surface area contributed by atoms with Gasteiger partial charge in [-0.25, -0.2) is 0 Å². The Bertz CT molecular complexity index is 410. The molecule has 1 fully saturated rings. The molecule has 1 aromatic carbocycles. The number of hydrogen-bond acceptors (Lipinski definition) is 3. The van der Waals surface area contributed by atoms with Gasteiger partial charge in [-0.2, -0.15) is 12.6 Å². The molecule has 1 heterocycles. The molecule has 1 atom stereocenters. The van der Waals surface area contributed by atoms with Crippen molar-refractivity contribution >= 4 is 18.5 Å². The van der Waals surface area contributed by atoms with Crippen molar-refractivity contribution < 1.29 is 4.79 Å². The largest absolute Gasteiger partial charge is 0.340 e. The first-order valence-electron chi connectivity index (χ1n) is 6.86. The fraction of sp³-hybridized carbons (Fsp3) is 0.533. The Morgan fingerprint density at radius 1 is 1.21 bits per heavy atom. The summed E-state index contributed by atoms with van der Waals surface area (Å²) in [7, 11) is 2.11. The van der Waals surface area contributed by atoms with Crippen molar-refractivity contribution in [1.82, 2.24) is 9.80 Å². The van der Waals surface area contributed by atoms with Crippen molar-refractivity contribution in [3.05, 3.63) is 35.9 Å². The lowest BCUT2D eigenvalue weighted by molar-refractivity contribution is -0.130. The molecule has 0 radical (unpaired) electrons. The molecule has 1 aliphatic heterocycles. The lowest BCUT2D eigenvalue weighted by atomic mass is 10.1. The second kappa shape index (κ2) is 6.96. The predicted octanol–water partition coefficient (Wildman–Crippen LogP) is 1.69. The average molecular weight is 278 g/mol. The average Bonchev–Trinajstić information content (AvgIpc) is 2.64. The third-order valence-electron chi connectivity index (χ3n) is 3.59. The Kier molecular flexibility index (Phi) is 5.28.